The Morgan fingerprint density at radius 2 is 1.55 bits per heavy atom. The molecular weight excluding hydrogens is 442 g/mol. The van der Waals surface area contributed by atoms with Gasteiger partial charge in [0.05, 0.1) is 6.61 Å². The van der Waals surface area contributed by atoms with Crippen LogP contribution in [0.2, 0.25) is 5.28 Å². The summed E-state index contributed by atoms with van der Waals surface area (Å²) < 4.78 is 5.19. The maximum Gasteiger partial charge on any atom is 0.253 e. The minimum Gasteiger partial charge on any atom is -0.370 e. The standard InChI is InChI=1S/C23H24ClN7O2/c24-21-26-22(25-17-6-8-19(9-7-17)31-14-15-33-16-20(31)32)28-23(27-21)30-12-10-29(11-13-30)18-4-2-1-3-5-18/h1-9H,10-16H2,(H,25,26,27,28). The molecular formula is C23H24ClN7O2. The molecule has 2 aliphatic rings. The average Bonchev–Trinajstić information content (AvgIpc) is 2.85. The van der Waals surface area contributed by atoms with Crippen molar-refractivity contribution in [3.05, 3.63) is 59.9 Å². The lowest BCUT2D eigenvalue weighted by Gasteiger charge is -2.36. The number of benzene rings is 2. The van der Waals surface area contributed by atoms with Gasteiger partial charge in [0.1, 0.15) is 6.61 Å². The number of morpholine rings is 1. The second-order valence-electron chi connectivity index (χ2n) is 7.81. The monoisotopic (exact) mass is 465 g/mol. The molecule has 1 amide bonds. The van der Waals surface area contributed by atoms with E-state index >= 15 is 0 Å². The first-order chi connectivity index (χ1) is 16.2. The first-order valence-corrected chi connectivity index (χ1v) is 11.3. The van der Waals surface area contributed by atoms with Crippen LogP contribution in [-0.2, 0) is 9.53 Å². The molecule has 0 spiro atoms. The van der Waals surface area contributed by atoms with Gasteiger partial charge in [-0.1, -0.05) is 18.2 Å². The molecule has 2 saturated heterocycles. The van der Waals surface area contributed by atoms with Crippen molar-refractivity contribution < 1.29 is 9.53 Å². The highest BCUT2D eigenvalue weighted by atomic mass is 35.5. The van der Waals surface area contributed by atoms with E-state index in [1.807, 2.05) is 30.3 Å². The van der Waals surface area contributed by atoms with Gasteiger partial charge in [-0.15, -0.1) is 0 Å². The van der Waals surface area contributed by atoms with Gasteiger partial charge >= 0.3 is 0 Å². The summed E-state index contributed by atoms with van der Waals surface area (Å²) in [7, 11) is 0. The van der Waals surface area contributed by atoms with Gasteiger partial charge in [-0.05, 0) is 48.0 Å². The summed E-state index contributed by atoms with van der Waals surface area (Å²) in [4.78, 5) is 31.4. The van der Waals surface area contributed by atoms with E-state index in [1.165, 1.54) is 5.69 Å². The van der Waals surface area contributed by atoms with E-state index in [4.69, 9.17) is 16.3 Å². The van der Waals surface area contributed by atoms with Gasteiger partial charge in [0.15, 0.2) is 0 Å². The number of ether oxygens (including phenoxy) is 1. The van der Waals surface area contributed by atoms with E-state index < -0.39 is 0 Å². The third kappa shape index (κ3) is 4.99. The largest absolute Gasteiger partial charge is 0.370 e. The number of carbonyl (C=O) groups excluding carboxylic acids is 1. The lowest BCUT2D eigenvalue weighted by Crippen LogP contribution is -2.47. The molecule has 0 bridgehead atoms. The normalized spacial score (nSPS) is 16.8. The molecule has 33 heavy (non-hydrogen) atoms. The number of aromatic nitrogens is 3. The Morgan fingerprint density at radius 3 is 2.27 bits per heavy atom. The molecule has 0 radical (unpaired) electrons. The highest BCUT2D eigenvalue weighted by molar-refractivity contribution is 6.28. The first kappa shape index (κ1) is 21.4. The van der Waals surface area contributed by atoms with Gasteiger partial charge in [0.2, 0.25) is 17.2 Å². The maximum atomic E-state index is 12.0. The molecule has 2 aromatic carbocycles. The van der Waals surface area contributed by atoms with Crippen LogP contribution in [0.4, 0.5) is 29.0 Å². The van der Waals surface area contributed by atoms with Crippen LogP contribution in [0.1, 0.15) is 0 Å². The Labute approximate surface area is 197 Å². The number of anilines is 5. The first-order valence-electron chi connectivity index (χ1n) is 10.9. The number of halogens is 1. The molecule has 0 saturated carbocycles. The topological polar surface area (TPSA) is 86.7 Å². The fourth-order valence-electron chi connectivity index (χ4n) is 3.99. The Balaban J connectivity index is 1.25. The summed E-state index contributed by atoms with van der Waals surface area (Å²) in [6, 6.07) is 17.9. The van der Waals surface area contributed by atoms with Crippen LogP contribution in [0.5, 0.6) is 0 Å². The van der Waals surface area contributed by atoms with Crippen molar-refractivity contribution in [2.45, 2.75) is 0 Å². The van der Waals surface area contributed by atoms with Crippen molar-refractivity contribution in [2.75, 3.05) is 66.0 Å². The number of piperazine rings is 1. The Morgan fingerprint density at radius 1 is 0.818 bits per heavy atom. The predicted octanol–water partition coefficient (Wildman–Crippen LogP) is 2.96. The molecule has 2 fully saturated rings. The van der Waals surface area contributed by atoms with Crippen LogP contribution in [0, 0.1) is 0 Å². The predicted molar refractivity (Wildman–Crippen MR) is 129 cm³/mol. The molecule has 3 heterocycles. The van der Waals surface area contributed by atoms with Crippen LogP contribution in [0.15, 0.2) is 54.6 Å². The molecule has 0 unspecified atom stereocenters. The van der Waals surface area contributed by atoms with Crippen LogP contribution in [0.25, 0.3) is 0 Å². The van der Waals surface area contributed by atoms with E-state index in [9.17, 15) is 4.79 Å². The molecule has 1 N–H and O–H groups in total. The van der Waals surface area contributed by atoms with Crippen molar-refractivity contribution in [1.82, 2.24) is 15.0 Å². The molecule has 1 aromatic heterocycles. The smallest absolute Gasteiger partial charge is 0.253 e. The molecule has 170 valence electrons. The number of carbonyl (C=O) groups is 1. The summed E-state index contributed by atoms with van der Waals surface area (Å²) in [5, 5.41) is 3.33. The number of rotatable bonds is 5. The van der Waals surface area contributed by atoms with Crippen molar-refractivity contribution in [1.29, 1.82) is 0 Å². The van der Waals surface area contributed by atoms with Gasteiger partial charge in [0.25, 0.3) is 5.91 Å². The third-order valence-corrected chi connectivity index (χ3v) is 5.87. The highest BCUT2D eigenvalue weighted by Gasteiger charge is 2.21. The van der Waals surface area contributed by atoms with Crippen LogP contribution in [-0.4, -0.2) is 66.8 Å². The summed E-state index contributed by atoms with van der Waals surface area (Å²) in [5.41, 5.74) is 2.84. The number of nitrogens with zero attached hydrogens (tertiary/aromatic N) is 6. The summed E-state index contributed by atoms with van der Waals surface area (Å²) >= 11 is 6.21. The number of hydrogen-bond donors (Lipinski definition) is 1. The number of para-hydroxylation sites is 1. The van der Waals surface area contributed by atoms with E-state index in [1.54, 1.807) is 4.90 Å². The Bertz CT molecular complexity index is 1110. The van der Waals surface area contributed by atoms with Crippen molar-refractivity contribution in [3.63, 3.8) is 0 Å². The minimum absolute atomic E-state index is 0.0387. The third-order valence-electron chi connectivity index (χ3n) is 5.70. The van der Waals surface area contributed by atoms with Gasteiger partial charge in [0, 0.05) is 49.8 Å². The Kier molecular flexibility index (Phi) is 6.23. The second-order valence-corrected chi connectivity index (χ2v) is 8.15. The van der Waals surface area contributed by atoms with Crippen LogP contribution in [0.3, 0.4) is 0 Å². The Hall–Kier alpha value is -3.43. The number of nitrogens with one attached hydrogen (secondary N) is 1. The molecule has 0 atom stereocenters. The number of hydrogen-bond acceptors (Lipinski definition) is 8. The zero-order chi connectivity index (χ0) is 22.6. The molecule has 10 heteroatoms. The lowest BCUT2D eigenvalue weighted by atomic mass is 10.2. The maximum absolute atomic E-state index is 12.0. The number of amides is 1. The molecule has 0 aliphatic carbocycles. The molecule has 9 nitrogen and oxygen atoms in total. The van der Waals surface area contributed by atoms with Crippen molar-refractivity contribution in [2.24, 2.45) is 0 Å². The zero-order valence-corrected chi connectivity index (χ0v) is 18.8. The fraction of sp³-hybridized carbons (Fsp3) is 0.304. The quantitative estimate of drug-likeness (QED) is 0.615. The van der Waals surface area contributed by atoms with E-state index in [-0.39, 0.29) is 17.8 Å². The van der Waals surface area contributed by atoms with Gasteiger partial charge in [-0.2, -0.15) is 15.0 Å². The van der Waals surface area contributed by atoms with Crippen molar-refractivity contribution >= 4 is 46.5 Å². The van der Waals surface area contributed by atoms with Crippen molar-refractivity contribution in [3.8, 4) is 0 Å². The van der Waals surface area contributed by atoms with E-state index in [2.05, 4.69) is 54.3 Å². The van der Waals surface area contributed by atoms with E-state index in [0.717, 1.165) is 37.6 Å². The average molecular weight is 466 g/mol. The lowest BCUT2D eigenvalue weighted by molar-refractivity contribution is -0.125. The summed E-state index contributed by atoms with van der Waals surface area (Å²) in [6.07, 6.45) is 0. The molecule has 2 aliphatic heterocycles. The van der Waals surface area contributed by atoms with Gasteiger partial charge in [-0.3, -0.25) is 4.79 Å². The van der Waals surface area contributed by atoms with Gasteiger partial charge < -0.3 is 24.8 Å². The summed E-state index contributed by atoms with van der Waals surface area (Å²) in [5.74, 6) is 0.898. The fourth-order valence-corrected chi connectivity index (χ4v) is 4.14. The molecule has 5 rings (SSSR count). The zero-order valence-electron chi connectivity index (χ0n) is 18.0. The SMILES string of the molecule is O=C1COCCN1c1ccc(Nc2nc(Cl)nc(N3CCN(c4ccccc4)CC3)n2)cc1. The van der Waals surface area contributed by atoms with Gasteiger partial charge in [-0.25, -0.2) is 0 Å². The minimum atomic E-state index is -0.0387. The molecule has 3 aromatic rings. The summed E-state index contributed by atoms with van der Waals surface area (Å²) in [6.45, 7) is 4.53. The van der Waals surface area contributed by atoms with Crippen LogP contribution >= 0.6 is 11.6 Å². The van der Waals surface area contributed by atoms with E-state index in [0.29, 0.717) is 25.0 Å². The second kappa shape index (κ2) is 9.60. The van der Waals surface area contributed by atoms with Crippen LogP contribution < -0.4 is 20.0 Å². The highest BCUT2D eigenvalue weighted by Crippen LogP contribution is 2.23.